The van der Waals surface area contributed by atoms with E-state index in [1.165, 1.54) is 0 Å². The summed E-state index contributed by atoms with van der Waals surface area (Å²) in [6.45, 7) is 0. The normalized spacial score (nSPS) is 15.2. The summed E-state index contributed by atoms with van der Waals surface area (Å²) in [5.41, 5.74) is 0. The van der Waals surface area contributed by atoms with Crippen LogP contribution in [-0.2, 0) is 7.41 Å². The Labute approximate surface area is 55.3 Å². The molecule has 0 nitrogen and oxygen atoms in total. The van der Waals surface area contributed by atoms with Crippen LogP contribution < -0.4 is 0 Å². The molecule has 0 spiro atoms. The predicted molar refractivity (Wildman–Crippen MR) is 29.6 cm³/mol. The van der Waals surface area contributed by atoms with Gasteiger partial charge in [-0.05, 0) is 0 Å². The van der Waals surface area contributed by atoms with Crippen molar-refractivity contribution in [3.05, 3.63) is 0 Å². The van der Waals surface area contributed by atoms with E-state index >= 15 is 0 Å². The van der Waals surface area contributed by atoms with Crippen LogP contribution in [0.15, 0.2) is 0 Å². The van der Waals surface area contributed by atoms with E-state index in [0.29, 0.717) is 0 Å². The molecule has 0 bridgehead atoms. The third kappa shape index (κ3) is 23.5. The maximum absolute atomic E-state index is 5.27. The van der Waals surface area contributed by atoms with Crippen LogP contribution in [0.1, 0.15) is 0 Å². The Kier molecular flexibility index (Phi) is 3.37. The van der Waals surface area contributed by atoms with Crippen LogP contribution in [0.4, 0.5) is 0 Å². The molecule has 5 heteroatoms. The van der Waals surface area contributed by atoms with Crippen LogP contribution in [0.5, 0.6) is 0 Å². The molecule has 0 heterocycles. The zero-order valence-electron chi connectivity index (χ0n) is 1.89. The summed E-state index contributed by atoms with van der Waals surface area (Å²) in [6.07, 6.45) is 0. The third-order valence-corrected chi connectivity index (χ3v) is 0. The van der Waals surface area contributed by atoms with Crippen molar-refractivity contribution >= 4 is 48.4 Å². The van der Waals surface area contributed by atoms with Gasteiger partial charge in [-0.2, -0.15) is 0 Å². The standard InChI is InChI=1S/2BrH.2ClH.Mn/h4*1H;/q;;;;+2/p-4. The molecule has 0 atom stereocenters. The van der Waals surface area contributed by atoms with Crippen LogP contribution in [0, 0.1) is 0 Å². The second-order valence-corrected chi connectivity index (χ2v) is 21.9. The quantitative estimate of drug-likeness (QED) is 0.600. The van der Waals surface area contributed by atoms with Gasteiger partial charge in [0, 0.05) is 0 Å². The van der Waals surface area contributed by atoms with Crippen molar-refractivity contribution in [2.45, 2.75) is 0 Å². The Morgan fingerprint density at radius 1 is 1.20 bits per heavy atom. The average molecular weight is 286 g/mol. The van der Waals surface area contributed by atoms with Gasteiger partial charge in [-0.1, -0.05) is 0 Å². The van der Waals surface area contributed by atoms with Gasteiger partial charge in [0.15, 0.2) is 0 Å². The molecule has 0 N–H and O–H groups in total. The van der Waals surface area contributed by atoms with Crippen molar-refractivity contribution in [1.29, 1.82) is 0 Å². The van der Waals surface area contributed by atoms with Crippen molar-refractivity contribution in [3.63, 3.8) is 0 Å². The van der Waals surface area contributed by atoms with Crippen molar-refractivity contribution in [2.24, 2.45) is 0 Å². The van der Waals surface area contributed by atoms with E-state index in [1.807, 2.05) is 0 Å². The zero-order valence-corrected chi connectivity index (χ0v) is 7.75. The van der Waals surface area contributed by atoms with Gasteiger partial charge in [0.05, 0.1) is 0 Å². The molecule has 0 fully saturated rings. The molecule has 0 aromatic heterocycles. The molecule has 0 aromatic rings. The van der Waals surface area contributed by atoms with Crippen LogP contribution in [0.2, 0.25) is 0 Å². The van der Waals surface area contributed by atoms with Gasteiger partial charge in [0.2, 0.25) is 0 Å². The zero-order chi connectivity index (χ0) is 4.50. The minimum atomic E-state index is -2.06. The van der Waals surface area contributed by atoms with E-state index < -0.39 is 7.41 Å². The second-order valence-electron chi connectivity index (χ2n) is 0.324. The van der Waals surface area contributed by atoms with Crippen molar-refractivity contribution in [1.82, 2.24) is 0 Å². The van der Waals surface area contributed by atoms with E-state index in [0.717, 1.165) is 0 Å². The molecule has 0 saturated carbocycles. The fourth-order valence-corrected chi connectivity index (χ4v) is 0. The first-order chi connectivity index (χ1) is 2.00. The Morgan fingerprint density at radius 2 is 1.20 bits per heavy atom. The van der Waals surface area contributed by atoms with E-state index in [9.17, 15) is 0 Å². The molecule has 5 heavy (non-hydrogen) atoms. The van der Waals surface area contributed by atoms with Gasteiger partial charge < -0.3 is 0 Å². The number of hydrogen-bond donors (Lipinski definition) is 0. The van der Waals surface area contributed by atoms with E-state index in [2.05, 4.69) is 28.2 Å². The Hall–Kier alpha value is 2.06. The summed E-state index contributed by atoms with van der Waals surface area (Å²) in [7, 11) is 8.48. The fourth-order valence-electron chi connectivity index (χ4n) is 0. The van der Waals surface area contributed by atoms with Gasteiger partial charge in [0.25, 0.3) is 0 Å². The minimum absolute atomic E-state index is 2.06. The summed E-state index contributed by atoms with van der Waals surface area (Å²) < 4.78 is 0. The number of rotatable bonds is 0. The van der Waals surface area contributed by atoms with Crippen molar-refractivity contribution in [3.8, 4) is 0 Å². The molecule has 0 aliphatic carbocycles. The van der Waals surface area contributed by atoms with Crippen molar-refractivity contribution < 1.29 is 7.41 Å². The number of halogens is 4. The van der Waals surface area contributed by atoms with Gasteiger partial charge in [-0.25, -0.2) is 0 Å². The summed E-state index contributed by atoms with van der Waals surface area (Å²) in [5, 5.41) is 0. The second kappa shape index (κ2) is 2.39. The predicted octanol–water partition coefficient (Wildman–Crippen LogP) is 3.07. The van der Waals surface area contributed by atoms with Crippen molar-refractivity contribution in [2.75, 3.05) is 0 Å². The first kappa shape index (κ1) is 7.06. The van der Waals surface area contributed by atoms with Crippen LogP contribution >= 0.6 is 48.4 Å². The SMILES string of the molecule is [Cl][Mn-2]([Cl])([Br])[Br]. The number of hydrogen-bond acceptors (Lipinski definition) is 0. The molecule has 0 aromatic carbocycles. The molecule has 0 rings (SSSR count). The topological polar surface area (TPSA) is 0 Å². The molecular formula is Br2Cl2Mn-2. The third-order valence-electron chi connectivity index (χ3n) is 0. The average Bonchev–Trinajstić information content (AvgIpc) is 0.722. The fraction of sp³-hybridized carbons (Fsp3) is 0. The van der Waals surface area contributed by atoms with Gasteiger partial charge in [0.1, 0.15) is 0 Å². The molecule has 0 unspecified atom stereocenters. The van der Waals surface area contributed by atoms with Gasteiger partial charge in [-0.15, -0.1) is 0 Å². The molecule has 0 amide bonds. The van der Waals surface area contributed by atoms with Gasteiger partial charge in [-0.3, -0.25) is 0 Å². The molecule has 0 aliphatic heterocycles. The summed E-state index contributed by atoms with van der Waals surface area (Å²) in [6, 6.07) is 0. The van der Waals surface area contributed by atoms with Crippen LogP contribution in [-0.4, -0.2) is 0 Å². The first-order valence-corrected chi connectivity index (χ1v) is 9.66. The van der Waals surface area contributed by atoms with E-state index in [4.69, 9.17) is 20.2 Å². The monoisotopic (exact) mass is 283 g/mol. The molecule has 0 radical (unpaired) electrons. The summed E-state index contributed by atoms with van der Waals surface area (Å²) >= 11 is 5.93. The van der Waals surface area contributed by atoms with Crippen LogP contribution in [0.25, 0.3) is 0 Å². The molecule has 0 aliphatic rings. The van der Waals surface area contributed by atoms with E-state index in [-0.39, 0.29) is 0 Å². The van der Waals surface area contributed by atoms with Gasteiger partial charge >= 0.3 is 55.8 Å². The molecule has 37 valence electrons. The Balaban J connectivity index is 3.02. The molecule has 0 saturated heterocycles. The Morgan fingerprint density at radius 3 is 1.20 bits per heavy atom. The molecular weight excluding hydrogens is 286 g/mol. The summed E-state index contributed by atoms with van der Waals surface area (Å²) in [5.74, 6) is 0. The summed E-state index contributed by atoms with van der Waals surface area (Å²) in [4.78, 5) is 0. The van der Waals surface area contributed by atoms with E-state index in [1.54, 1.807) is 0 Å². The van der Waals surface area contributed by atoms with Crippen LogP contribution in [0.3, 0.4) is 0 Å². The Bertz CT molecular complexity index is 23.1. The first-order valence-electron chi connectivity index (χ1n) is 0.571. The maximum atomic E-state index is 5.27.